The summed E-state index contributed by atoms with van der Waals surface area (Å²) >= 11 is 0. The van der Waals surface area contributed by atoms with E-state index < -0.39 is 12.1 Å². The third-order valence-corrected chi connectivity index (χ3v) is 13.7. The molecule has 0 saturated heterocycles. The van der Waals surface area contributed by atoms with Crippen molar-refractivity contribution in [1.29, 1.82) is 0 Å². The Morgan fingerprint density at radius 2 is 0.712 bits per heavy atom. The lowest BCUT2D eigenvalue weighted by Gasteiger charge is -2.20. The minimum Gasteiger partial charge on any atom is -0.466 e. The Balaban J connectivity index is 3.49. The molecule has 6 heteroatoms. The molecule has 6 nitrogen and oxygen atoms in total. The van der Waals surface area contributed by atoms with Crippen molar-refractivity contribution in [3.8, 4) is 0 Å². The molecule has 2 atom stereocenters. The van der Waals surface area contributed by atoms with Crippen molar-refractivity contribution < 1.29 is 24.5 Å². The first-order valence-corrected chi connectivity index (χ1v) is 29.6. The first kappa shape index (κ1) is 64.3. The van der Waals surface area contributed by atoms with E-state index in [9.17, 15) is 19.8 Å². The van der Waals surface area contributed by atoms with E-state index in [-0.39, 0.29) is 18.5 Å². The van der Waals surface area contributed by atoms with E-state index in [1.165, 1.54) is 238 Å². The molecule has 0 aromatic carbocycles. The largest absolute Gasteiger partial charge is 0.466 e. The molecule has 3 N–H and O–H groups in total. The predicted molar refractivity (Wildman–Crippen MR) is 287 cm³/mol. The average Bonchev–Trinajstić information content (AvgIpc) is 3.32. The summed E-state index contributed by atoms with van der Waals surface area (Å²) in [5, 5.41) is 23.2. The number of carbonyl (C=O) groups excluding carboxylic acids is 2. The van der Waals surface area contributed by atoms with Crippen LogP contribution in [0.1, 0.15) is 322 Å². The van der Waals surface area contributed by atoms with Crippen LogP contribution in [0.5, 0.6) is 0 Å². The maximum absolute atomic E-state index is 12.5. The van der Waals surface area contributed by atoms with E-state index in [4.69, 9.17) is 4.74 Å². The molecule has 0 aliphatic heterocycles. The fourth-order valence-electron chi connectivity index (χ4n) is 9.16. The average molecular weight is 931 g/mol. The van der Waals surface area contributed by atoms with Gasteiger partial charge in [-0.25, -0.2) is 0 Å². The van der Waals surface area contributed by atoms with Crippen LogP contribution in [0.2, 0.25) is 0 Å². The number of unbranched alkanes of at least 4 members (excludes halogenated alkanes) is 42. The third kappa shape index (κ3) is 51.7. The van der Waals surface area contributed by atoms with Gasteiger partial charge in [-0.3, -0.25) is 9.59 Å². The summed E-state index contributed by atoms with van der Waals surface area (Å²) < 4.78 is 5.47. The van der Waals surface area contributed by atoms with Gasteiger partial charge >= 0.3 is 5.97 Å². The maximum Gasteiger partial charge on any atom is 0.305 e. The molecule has 0 radical (unpaired) electrons. The van der Waals surface area contributed by atoms with Crippen molar-refractivity contribution in [2.24, 2.45) is 0 Å². The highest BCUT2D eigenvalue weighted by Crippen LogP contribution is 2.17. The van der Waals surface area contributed by atoms with Crippen LogP contribution in [0.25, 0.3) is 0 Å². The highest BCUT2D eigenvalue weighted by Gasteiger charge is 2.18. The highest BCUT2D eigenvalue weighted by atomic mass is 16.5. The van der Waals surface area contributed by atoms with Gasteiger partial charge in [0.1, 0.15) is 0 Å². The van der Waals surface area contributed by atoms with Gasteiger partial charge in [-0.05, 0) is 57.8 Å². The summed E-state index contributed by atoms with van der Waals surface area (Å²) in [6.07, 6.45) is 67.7. The molecule has 0 bridgehead atoms. The lowest BCUT2D eigenvalue weighted by Crippen LogP contribution is -2.45. The highest BCUT2D eigenvalue weighted by molar-refractivity contribution is 5.76. The molecule has 0 fully saturated rings. The van der Waals surface area contributed by atoms with Crippen LogP contribution in [-0.2, 0) is 14.3 Å². The lowest BCUT2D eigenvalue weighted by molar-refractivity contribution is -0.143. The van der Waals surface area contributed by atoms with Crippen molar-refractivity contribution >= 4 is 11.9 Å². The standard InChI is InChI=1S/C60H115NO5/c1-3-5-7-9-11-13-15-17-19-21-23-24-26-27-29-31-33-36-40-44-48-52-58(63)57(56-62)61-59(64)53-49-45-41-37-35-39-43-47-51-55-66-60(65)54-50-46-42-38-34-32-30-28-25-22-20-18-16-14-12-10-8-6-4-2/h18,20,48,52,57-58,62-63H,3-17,19,21-47,49-51,53-56H2,1-2H3,(H,61,64)/b20-18-,52-48+. The molecule has 0 aromatic rings. The van der Waals surface area contributed by atoms with Crippen molar-refractivity contribution in [3.63, 3.8) is 0 Å². The van der Waals surface area contributed by atoms with Crippen molar-refractivity contribution in [3.05, 3.63) is 24.3 Å². The Morgan fingerprint density at radius 1 is 0.409 bits per heavy atom. The minimum absolute atomic E-state index is 0.0269. The molecule has 0 aromatic heterocycles. The van der Waals surface area contributed by atoms with Gasteiger partial charge in [0, 0.05) is 12.8 Å². The number of amides is 1. The summed E-state index contributed by atoms with van der Waals surface area (Å²) in [5.41, 5.74) is 0. The number of hydrogen-bond donors (Lipinski definition) is 3. The zero-order valence-electron chi connectivity index (χ0n) is 44.4. The zero-order valence-corrected chi connectivity index (χ0v) is 44.4. The molecule has 390 valence electrons. The van der Waals surface area contributed by atoms with Crippen molar-refractivity contribution in [2.75, 3.05) is 13.2 Å². The van der Waals surface area contributed by atoms with Gasteiger partial charge in [0.05, 0.1) is 25.4 Å². The number of hydrogen-bond acceptors (Lipinski definition) is 5. The molecular weight excluding hydrogens is 815 g/mol. The molecule has 0 aliphatic carbocycles. The maximum atomic E-state index is 12.5. The number of carbonyl (C=O) groups is 2. The Kier molecular flexibility index (Phi) is 54.5. The topological polar surface area (TPSA) is 95.9 Å². The summed E-state index contributed by atoms with van der Waals surface area (Å²) in [5.74, 6) is -0.119. The van der Waals surface area contributed by atoms with Gasteiger partial charge in [0.15, 0.2) is 0 Å². The van der Waals surface area contributed by atoms with Gasteiger partial charge in [-0.2, -0.15) is 0 Å². The Hall–Kier alpha value is -1.66. The Morgan fingerprint density at radius 3 is 1.08 bits per heavy atom. The molecule has 0 aliphatic rings. The monoisotopic (exact) mass is 930 g/mol. The Labute approximate surface area is 411 Å². The number of rotatable bonds is 55. The second kappa shape index (κ2) is 55.9. The fourth-order valence-corrected chi connectivity index (χ4v) is 9.16. The van der Waals surface area contributed by atoms with E-state index in [2.05, 4.69) is 31.3 Å². The van der Waals surface area contributed by atoms with Gasteiger partial charge in [-0.1, -0.05) is 276 Å². The smallest absolute Gasteiger partial charge is 0.305 e. The fraction of sp³-hybridized carbons (Fsp3) is 0.900. The second-order valence-corrected chi connectivity index (χ2v) is 20.3. The van der Waals surface area contributed by atoms with Gasteiger partial charge in [-0.15, -0.1) is 0 Å². The van der Waals surface area contributed by atoms with E-state index in [0.29, 0.717) is 19.4 Å². The number of ether oxygens (including phenoxy) is 1. The van der Waals surface area contributed by atoms with E-state index in [1.807, 2.05) is 6.08 Å². The summed E-state index contributed by atoms with van der Waals surface area (Å²) in [6.45, 7) is 4.86. The second-order valence-electron chi connectivity index (χ2n) is 20.3. The van der Waals surface area contributed by atoms with Crippen LogP contribution in [0.3, 0.4) is 0 Å². The van der Waals surface area contributed by atoms with Gasteiger partial charge < -0.3 is 20.3 Å². The van der Waals surface area contributed by atoms with Crippen LogP contribution in [0.15, 0.2) is 24.3 Å². The summed E-state index contributed by atoms with van der Waals surface area (Å²) in [4.78, 5) is 24.6. The number of allylic oxidation sites excluding steroid dienone is 3. The third-order valence-electron chi connectivity index (χ3n) is 13.7. The molecule has 0 rings (SSSR count). The van der Waals surface area contributed by atoms with E-state index in [1.54, 1.807) is 6.08 Å². The first-order valence-electron chi connectivity index (χ1n) is 29.6. The Bertz CT molecular complexity index is 1030. The van der Waals surface area contributed by atoms with Crippen LogP contribution in [0, 0.1) is 0 Å². The van der Waals surface area contributed by atoms with Gasteiger partial charge in [0.25, 0.3) is 0 Å². The summed E-state index contributed by atoms with van der Waals surface area (Å²) in [7, 11) is 0. The van der Waals surface area contributed by atoms with Crippen LogP contribution in [-0.4, -0.2) is 47.4 Å². The molecule has 0 saturated carbocycles. The molecular formula is C60H115NO5. The summed E-state index contributed by atoms with van der Waals surface area (Å²) in [6, 6.07) is -0.649. The van der Waals surface area contributed by atoms with Crippen molar-refractivity contribution in [1.82, 2.24) is 5.32 Å². The number of aliphatic hydroxyl groups excluding tert-OH is 2. The number of aliphatic hydroxyl groups is 2. The van der Waals surface area contributed by atoms with Crippen LogP contribution < -0.4 is 5.32 Å². The lowest BCUT2D eigenvalue weighted by atomic mass is 10.0. The van der Waals surface area contributed by atoms with Crippen LogP contribution >= 0.6 is 0 Å². The first-order chi connectivity index (χ1) is 32.5. The minimum atomic E-state index is -0.863. The number of esters is 1. The molecule has 0 heterocycles. The molecule has 2 unspecified atom stereocenters. The number of nitrogens with one attached hydrogen (secondary N) is 1. The van der Waals surface area contributed by atoms with E-state index >= 15 is 0 Å². The molecule has 66 heavy (non-hydrogen) atoms. The van der Waals surface area contributed by atoms with Crippen molar-refractivity contribution in [2.45, 2.75) is 334 Å². The van der Waals surface area contributed by atoms with Gasteiger partial charge in [0.2, 0.25) is 5.91 Å². The quantitative estimate of drug-likeness (QED) is 0.0321. The SMILES string of the molecule is CCCCCCCC/C=C\CCCCCCCCCCCC(=O)OCCCCCCCCCCCC(=O)NC(CO)C(O)/C=C/CCCCCCCCCCCCCCCCCCCCC. The molecule has 1 amide bonds. The van der Waals surface area contributed by atoms with E-state index in [0.717, 1.165) is 57.8 Å². The predicted octanol–water partition coefficient (Wildman–Crippen LogP) is 18.2. The van der Waals surface area contributed by atoms with Crippen LogP contribution in [0.4, 0.5) is 0 Å². The normalized spacial score (nSPS) is 12.7. The molecule has 0 spiro atoms. The zero-order chi connectivity index (χ0) is 47.9.